The van der Waals surface area contributed by atoms with Crippen LogP contribution in [-0.4, -0.2) is 28.8 Å². The number of rotatable bonds is 3. The maximum atomic E-state index is 11.8. The summed E-state index contributed by atoms with van der Waals surface area (Å²) >= 11 is 0. The van der Waals surface area contributed by atoms with Gasteiger partial charge in [-0.3, -0.25) is 14.7 Å². The Morgan fingerprint density at radius 1 is 1.24 bits per heavy atom. The van der Waals surface area contributed by atoms with Crippen LogP contribution in [0.15, 0.2) is 47.4 Å². The molecule has 7 nitrogen and oxygen atoms in total. The van der Waals surface area contributed by atoms with E-state index in [4.69, 9.17) is 5.11 Å². The van der Waals surface area contributed by atoms with Crippen LogP contribution in [0, 0.1) is 0 Å². The van der Waals surface area contributed by atoms with Crippen LogP contribution in [0.25, 0.3) is 5.69 Å². The van der Waals surface area contributed by atoms with E-state index in [0.29, 0.717) is 11.4 Å². The first-order valence-corrected chi connectivity index (χ1v) is 5.92. The standard InChI is InChI=1S/C14H12N2O5/c1-21-14(20)15-10-3-2-4-11(7-10)16-8-9(13(18)19)5-6-12(16)17/h2-8H,1H3,(H,15,20)(H,18,19). The van der Waals surface area contributed by atoms with Crippen molar-refractivity contribution in [2.75, 3.05) is 12.4 Å². The molecule has 0 atom stereocenters. The molecule has 2 N–H and O–H groups in total. The number of hydrogen-bond donors (Lipinski definition) is 2. The number of pyridine rings is 1. The van der Waals surface area contributed by atoms with Crippen molar-refractivity contribution in [1.29, 1.82) is 0 Å². The smallest absolute Gasteiger partial charge is 0.411 e. The molecule has 108 valence electrons. The molecule has 0 spiro atoms. The molecule has 0 unspecified atom stereocenters. The Morgan fingerprint density at radius 2 is 2.00 bits per heavy atom. The molecule has 7 heteroatoms. The zero-order chi connectivity index (χ0) is 15.4. The number of nitrogens with zero attached hydrogens (tertiary/aromatic N) is 1. The lowest BCUT2D eigenvalue weighted by Crippen LogP contribution is -2.18. The molecule has 0 radical (unpaired) electrons. The second kappa shape index (κ2) is 5.91. The fourth-order valence-electron chi connectivity index (χ4n) is 1.72. The summed E-state index contributed by atoms with van der Waals surface area (Å²) in [5.41, 5.74) is 0.458. The van der Waals surface area contributed by atoms with Crippen LogP contribution in [0.5, 0.6) is 0 Å². The molecule has 0 saturated heterocycles. The Balaban J connectivity index is 2.44. The van der Waals surface area contributed by atoms with E-state index in [2.05, 4.69) is 10.1 Å². The van der Waals surface area contributed by atoms with Gasteiger partial charge in [-0.25, -0.2) is 9.59 Å². The summed E-state index contributed by atoms with van der Waals surface area (Å²) in [6.45, 7) is 0. The van der Waals surface area contributed by atoms with E-state index in [-0.39, 0.29) is 11.1 Å². The first-order chi connectivity index (χ1) is 10.0. The van der Waals surface area contributed by atoms with Crippen molar-refractivity contribution < 1.29 is 19.4 Å². The van der Waals surface area contributed by atoms with Gasteiger partial charge in [0.05, 0.1) is 18.4 Å². The summed E-state index contributed by atoms with van der Waals surface area (Å²) in [5, 5.41) is 11.4. The van der Waals surface area contributed by atoms with E-state index in [1.165, 1.54) is 36.1 Å². The van der Waals surface area contributed by atoms with Gasteiger partial charge in [-0.15, -0.1) is 0 Å². The normalized spacial score (nSPS) is 9.95. The fourth-order valence-corrected chi connectivity index (χ4v) is 1.72. The summed E-state index contributed by atoms with van der Waals surface area (Å²) < 4.78 is 5.66. The lowest BCUT2D eigenvalue weighted by molar-refractivity contribution is 0.0696. The number of hydrogen-bond acceptors (Lipinski definition) is 4. The van der Waals surface area contributed by atoms with E-state index in [1.807, 2.05) is 0 Å². The van der Waals surface area contributed by atoms with Crippen molar-refractivity contribution in [3.8, 4) is 5.69 Å². The molecule has 0 bridgehead atoms. The molecule has 0 saturated carbocycles. The number of aromatic nitrogens is 1. The van der Waals surface area contributed by atoms with Gasteiger partial charge in [0.1, 0.15) is 0 Å². The number of methoxy groups -OCH3 is 1. The second-order valence-electron chi connectivity index (χ2n) is 4.10. The van der Waals surface area contributed by atoms with Crippen LogP contribution in [0.1, 0.15) is 10.4 Å². The molecule has 0 aliphatic rings. The number of carboxylic acid groups (broad SMARTS) is 1. The Morgan fingerprint density at radius 3 is 2.67 bits per heavy atom. The number of amides is 1. The minimum absolute atomic E-state index is 0.0130. The van der Waals surface area contributed by atoms with Gasteiger partial charge in [0.15, 0.2) is 0 Å². The lowest BCUT2D eigenvalue weighted by atomic mass is 10.2. The van der Waals surface area contributed by atoms with Crippen LogP contribution in [0.2, 0.25) is 0 Å². The van der Waals surface area contributed by atoms with Gasteiger partial charge in [0.2, 0.25) is 0 Å². The lowest BCUT2D eigenvalue weighted by Gasteiger charge is -2.09. The quantitative estimate of drug-likeness (QED) is 0.896. The monoisotopic (exact) mass is 288 g/mol. The van der Waals surface area contributed by atoms with E-state index in [9.17, 15) is 14.4 Å². The van der Waals surface area contributed by atoms with Crippen molar-refractivity contribution in [2.45, 2.75) is 0 Å². The molecule has 0 fully saturated rings. The van der Waals surface area contributed by atoms with Gasteiger partial charge in [-0.2, -0.15) is 0 Å². The zero-order valence-corrected chi connectivity index (χ0v) is 11.1. The van der Waals surface area contributed by atoms with Gasteiger partial charge < -0.3 is 9.84 Å². The highest BCUT2D eigenvalue weighted by Crippen LogP contribution is 2.14. The van der Waals surface area contributed by atoms with E-state index < -0.39 is 12.1 Å². The Bertz CT molecular complexity index is 751. The summed E-state index contributed by atoms with van der Waals surface area (Å²) in [4.78, 5) is 34.0. The summed E-state index contributed by atoms with van der Waals surface area (Å²) in [6, 6.07) is 8.80. The number of benzene rings is 1. The molecule has 0 aliphatic carbocycles. The highest BCUT2D eigenvalue weighted by atomic mass is 16.5. The van der Waals surface area contributed by atoms with Crippen LogP contribution >= 0.6 is 0 Å². The maximum absolute atomic E-state index is 11.8. The number of aromatic carboxylic acids is 1. The molecule has 1 aromatic carbocycles. The van der Waals surface area contributed by atoms with Gasteiger partial charge in [0.25, 0.3) is 5.56 Å². The Kier molecular flexibility index (Phi) is 4.03. The highest BCUT2D eigenvalue weighted by Gasteiger charge is 2.08. The van der Waals surface area contributed by atoms with Gasteiger partial charge in [-0.1, -0.05) is 6.07 Å². The van der Waals surface area contributed by atoms with Crippen LogP contribution < -0.4 is 10.9 Å². The highest BCUT2D eigenvalue weighted by molar-refractivity contribution is 5.87. The van der Waals surface area contributed by atoms with Gasteiger partial charge in [0, 0.05) is 18.0 Å². The first kappa shape index (κ1) is 14.3. The van der Waals surface area contributed by atoms with E-state index >= 15 is 0 Å². The molecule has 1 heterocycles. The predicted octanol–water partition coefficient (Wildman–Crippen LogP) is 1.71. The van der Waals surface area contributed by atoms with Gasteiger partial charge >= 0.3 is 12.1 Å². The van der Waals surface area contributed by atoms with Crippen molar-refractivity contribution in [3.05, 3.63) is 58.5 Å². The predicted molar refractivity (Wildman–Crippen MR) is 75.0 cm³/mol. The molecule has 1 amide bonds. The van der Waals surface area contributed by atoms with Crippen molar-refractivity contribution in [2.24, 2.45) is 0 Å². The molecule has 2 rings (SSSR count). The number of nitrogens with one attached hydrogen (secondary N) is 1. The van der Waals surface area contributed by atoms with E-state index in [1.54, 1.807) is 18.2 Å². The largest absolute Gasteiger partial charge is 0.478 e. The van der Waals surface area contributed by atoms with Crippen LogP contribution in [0.4, 0.5) is 10.5 Å². The molecular formula is C14H12N2O5. The summed E-state index contributed by atoms with van der Waals surface area (Å²) in [5.74, 6) is -1.13. The summed E-state index contributed by atoms with van der Waals surface area (Å²) in [6.07, 6.45) is 0.584. The third-order valence-corrected chi connectivity index (χ3v) is 2.71. The van der Waals surface area contributed by atoms with Crippen molar-refractivity contribution in [1.82, 2.24) is 4.57 Å². The Labute approximate surface area is 119 Å². The van der Waals surface area contributed by atoms with Gasteiger partial charge in [-0.05, 0) is 24.3 Å². The number of anilines is 1. The topological polar surface area (TPSA) is 97.6 Å². The third kappa shape index (κ3) is 3.27. The number of ether oxygens (including phenoxy) is 1. The molecular weight excluding hydrogens is 276 g/mol. The minimum atomic E-state index is -1.13. The Hall–Kier alpha value is -3.09. The molecule has 21 heavy (non-hydrogen) atoms. The number of carbonyl (C=O) groups excluding carboxylic acids is 1. The average molecular weight is 288 g/mol. The maximum Gasteiger partial charge on any atom is 0.411 e. The summed E-state index contributed by atoms with van der Waals surface area (Å²) in [7, 11) is 1.24. The van der Waals surface area contributed by atoms with E-state index in [0.717, 1.165) is 0 Å². The number of carboxylic acids is 1. The SMILES string of the molecule is COC(=O)Nc1cccc(-n2cc(C(=O)O)ccc2=O)c1. The van der Waals surface area contributed by atoms with Crippen molar-refractivity contribution in [3.63, 3.8) is 0 Å². The molecule has 0 aliphatic heterocycles. The third-order valence-electron chi connectivity index (χ3n) is 2.71. The number of carbonyl (C=O) groups is 2. The average Bonchev–Trinajstić information content (AvgIpc) is 2.47. The molecule has 1 aromatic heterocycles. The molecule has 2 aromatic rings. The van der Waals surface area contributed by atoms with Crippen LogP contribution in [0.3, 0.4) is 0 Å². The van der Waals surface area contributed by atoms with Crippen LogP contribution in [-0.2, 0) is 4.74 Å². The van der Waals surface area contributed by atoms with Crippen molar-refractivity contribution >= 4 is 17.7 Å². The first-order valence-electron chi connectivity index (χ1n) is 5.92. The fraction of sp³-hybridized carbons (Fsp3) is 0.0714. The zero-order valence-electron chi connectivity index (χ0n) is 11.1. The minimum Gasteiger partial charge on any atom is -0.478 e. The second-order valence-corrected chi connectivity index (χ2v) is 4.10.